The predicted molar refractivity (Wildman–Crippen MR) is 94.5 cm³/mol. The number of anilines is 1. The Labute approximate surface area is 145 Å². The van der Waals surface area contributed by atoms with Gasteiger partial charge in [-0.05, 0) is 55.0 Å². The van der Waals surface area contributed by atoms with Crippen LogP contribution in [0.25, 0.3) is 6.08 Å². The fourth-order valence-electron chi connectivity index (χ4n) is 2.11. The number of hydrogen-bond acceptors (Lipinski definition) is 5. The molecule has 0 radical (unpaired) electrons. The number of phenolic OH excluding ortho intramolecular Hbond substituents is 1. The molecule has 2 N–H and O–H groups in total. The van der Waals surface area contributed by atoms with Crippen molar-refractivity contribution >= 4 is 17.7 Å². The van der Waals surface area contributed by atoms with Crippen LogP contribution in [0.2, 0.25) is 0 Å². The summed E-state index contributed by atoms with van der Waals surface area (Å²) in [5.74, 6) is 0.665. The molecule has 0 unspecified atom stereocenters. The molecule has 128 valence electrons. The summed E-state index contributed by atoms with van der Waals surface area (Å²) in [7, 11) is 1.54. The third-order valence-electron chi connectivity index (χ3n) is 3.29. The molecule has 0 atom stereocenters. The molecule has 0 aromatic heterocycles. The van der Waals surface area contributed by atoms with Gasteiger partial charge in [0, 0.05) is 5.69 Å². The number of nitrogens with one attached hydrogen (secondary N) is 1. The van der Waals surface area contributed by atoms with Gasteiger partial charge in [-0.1, -0.05) is 6.07 Å². The van der Waals surface area contributed by atoms with E-state index in [0.717, 1.165) is 0 Å². The zero-order chi connectivity index (χ0) is 18.2. The molecular formula is C19H18N2O4. The zero-order valence-corrected chi connectivity index (χ0v) is 13.9. The number of nitriles is 1. The van der Waals surface area contributed by atoms with Crippen LogP contribution in [0.4, 0.5) is 5.69 Å². The quantitative estimate of drug-likeness (QED) is 0.479. The van der Waals surface area contributed by atoms with Crippen LogP contribution in [0.15, 0.2) is 48.0 Å². The number of rotatable bonds is 6. The smallest absolute Gasteiger partial charge is 0.266 e. The van der Waals surface area contributed by atoms with E-state index in [4.69, 9.17) is 9.47 Å². The molecule has 0 heterocycles. The van der Waals surface area contributed by atoms with Gasteiger partial charge in [-0.3, -0.25) is 4.79 Å². The average molecular weight is 338 g/mol. The highest BCUT2D eigenvalue weighted by Gasteiger charge is 2.11. The van der Waals surface area contributed by atoms with Gasteiger partial charge in [-0.25, -0.2) is 0 Å². The summed E-state index contributed by atoms with van der Waals surface area (Å²) in [6.45, 7) is 2.32. The number of carbonyl (C=O) groups is 1. The van der Waals surface area contributed by atoms with E-state index in [2.05, 4.69) is 5.32 Å². The van der Waals surface area contributed by atoms with Crippen LogP contribution in [0.3, 0.4) is 0 Å². The van der Waals surface area contributed by atoms with Crippen LogP contribution in [-0.4, -0.2) is 24.7 Å². The number of ether oxygens (including phenoxy) is 2. The Morgan fingerprint density at radius 1 is 1.24 bits per heavy atom. The lowest BCUT2D eigenvalue weighted by atomic mass is 10.1. The molecule has 0 spiro atoms. The number of nitrogens with zero attached hydrogens (tertiary/aromatic N) is 1. The standard InChI is InChI=1S/C19H18N2O4/c1-3-25-18-11-13(4-9-17(18)24-2)10-14(12-20)19(23)21-15-5-7-16(22)8-6-15/h4-11,22H,3H2,1-2H3,(H,21,23)/b14-10+. The first-order valence-corrected chi connectivity index (χ1v) is 7.60. The third-order valence-corrected chi connectivity index (χ3v) is 3.29. The van der Waals surface area contributed by atoms with E-state index in [-0.39, 0.29) is 11.3 Å². The van der Waals surface area contributed by atoms with Crippen LogP contribution >= 0.6 is 0 Å². The Hall–Kier alpha value is -3.46. The first kappa shape index (κ1) is 17.9. The Kier molecular flexibility index (Phi) is 6.02. The first-order valence-electron chi connectivity index (χ1n) is 7.60. The molecular weight excluding hydrogens is 320 g/mol. The molecule has 0 fully saturated rings. The summed E-state index contributed by atoms with van der Waals surface area (Å²) in [5, 5.41) is 21.1. The van der Waals surface area contributed by atoms with Crippen LogP contribution in [-0.2, 0) is 4.79 Å². The summed E-state index contributed by atoms with van der Waals surface area (Å²) >= 11 is 0. The van der Waals surface area contributed by atoms with Crippen molar-refractivity contribution in [1.82, 2.24) is 0 Å². The number of hydrogen-bond donors (Lipinski definition) is 2. The van der Waals surface area contributed by atoms with Gasteiger partial charge in [0.15, 0.2) is 11.5 Å². The highest BCUT2D eigenvalue weighted by atomic mass is 16.5. The lowest BCUT2D eigenvalue weighted by Crippen LogP contribution is -2.13. The molecule has 25 heavy (non-hydrogen) atoms. The molecule has 0 aliphatic carbocycles. The van der Waals surface area contributed by atoms with Gasteiger partial charge in [-0.15, -0.1) is 0 Å². The van der Waals surface area contributed by atoms with Crippen molar-refractivity contribution in [2.75, 3.05) is 19.0 Å². The summed E-state index contributed by atoms with van der Waals surface area (Å²) in [4.78, 5) is 12.2. The fourth-order valence-corrected chi connectivity index (χ4v) is 2.11. The van der Waals surface area contributed by atoms with Gasteiger partial charge in [-0.2, -0.15) is 5.26 Å². The molecule has 0 saturated carbocycles. The largest absolute Gasteiger partial charge is 0.508 e. The second-order valence-corrected chi connectivity index (χ2v) is 5.01. The maximum atomic E-state index is 12.2. The molecule has 0 bridgehead atoms. The molecule has 0 saturated heterocycles. The van der Waals surface area contributed by atoms with E-state index >= 15 is 0 Å². The highest BCUT2D eigenvalue weighted by Crippen LogP contribution is 2.29. The normalized spacial score (nSPS) is 10.7. The monoisotopic (exact) mass is 338 g/mol. The second-order valence-electron chi connectivity index (χ2n) is 5.01. The molecule has 6 heteroatoms. The highest BCUT2D eigenvalue weighted by molar-refractivity contribution is 6.09. The zero-order valence-electron chi connectivity index (χ0n) is 13.9. The van der Waals surface area contributed by atoms with E-state index in [9.17, 15) is 15.2 Å². The lowest BCUT2D eigenvalue weighted by Gasteiger charge is -2.10. The van der Waals surface area contributed by atoms with E-state index in [1.165, 1.54) is 18.2 Å². The van der Waals surface area contributed by atoms with Gasteiger partial charge in [0.05, 0.1) is 13.7 Å². The minimum atomic E-state index is -0.540. The molecule has 2 aromatic rings. The number of aromatic hydroxyl groups is 1. The Morgan fingerprint density at radius 3 is 2.56 bits per heavy atom. The van der Waals surface area contributed by atoms with Crippen LogP contribution in [0.5, 0.6) is 17.2 Å². The number of benzene rings is 2. The molecule has 1 amide bonds. The molecule has 0 aliphatic rings. The topological polar surface area (TPSA) is 91.6 Å². The van der Waals surface area contributed by atoms with Crippen molar-refractivity contribution in [1.29, 1.82) is 5.26 Å². The molecule has 0 aliphatic heterocycles. The van der Waals surface area contributed by atoms with Crippen molar-refractivity contribution in [2.24, 2.45) is 0 Å². The van der Waals surface area contributed by atoms with Gasteiger partial charge >= 0.3 is 0 Å². The Bertz CT molecular complexity index is 820. The number of phenols is 1. The van der Waals surface area contributed by atoms with Gasteiger partial charge < -0.3 is 19.9 Å². The van der Waals surface area contributed by atoms with Gasteiger partial charge in [0.25, 0.3) is 5.91 Å². The van der Waals surface area contributed by atoms with Crippen molar-refractivity contribution in [3.63, 3.8) is 0 Å². The minimum absolute atomic E-state index is 0.0549. The van der Waals surface area contributed by atoms with E-state index in [0.29, 0.717) is 29.4 Å². The van der Waals surface area contributed by atoms with Crippen molar-refractivity contribution in [3.05, 3.63) is 53.6 Å². The molecule has 2 aromatic carbocycles. The van der Waals surface area contributed by atoms with Crippen molar-refractivity contribution in [2.45, 2.75) is 6.92 Å². The van der Waals surface area contributed by atoms with Crippen LogP contribution < -0.4 is 14.8 Å². The Morgan fingerprint density at radius 2 is 1.96 bits per heavy atom. The number of methoxy groups -OCH3 is 1. The van der Waals surface area contributed by atoms with Crippen molar-refractivity contribution < 1.29 is 19.4 Å². The Balaban J connectivity index is 2.24. The lowest BCUT2D eigenvalue weighted by molar-refractivity contribution is -0.112. The van der Waals surface area contributed by atoms with Crippen LogP contribution in [0.1, 0.15) is 12.5 Å². The third kappa shape index (κ3) is 4.75. The van der Waals surface area contributed by atoms with E-state index in [1.54, 1.807) is 37.4 Å². The van der Waals surface area contributed by atoms with E-state index in [1.807, 2.05) is 13.0 Å². The maximum Gasteiger partial charge on any atom is 0.266 e. The van der Waals surface area contributed by atoms with Gasteiger partial charge in [0.1, 0.15) is 17.4 Å². The van der Waals surface area contributed by atoms with Crippen LogP contribution in [0, 0.1) is 11.3 Å². The second kappa shape index (κ2) is 8.41. The fraction of sp³-hybridized carbons (Fsp3) is 0.158. The van der Waals surface area contributed by atoms with E-state index < -0.39 is 5.91 Å². The number of amides is 1. The van der Waals surface area contributed by atoms with Crippen molar-refractivity contribution in [3.8, 4) is 23.3 Å². The maximum absolute atomic E-state index is 12.2. The SMILES string of the molecule is CCOc1cc(/C=C(\C#N)C(=O)Nc2ccc(O)cc2)ccc1OC. The number of carbonyl (C=O) groups excluding carboxylic acids is 1. The summed E-state index contributed by atoms with van der Waals surface area (Å²) < 4.78 is 10.7. The first-order chi connectivity index (χ1) is 12.1. The average Bonchev–Trinajstić information content (AvgIpc) is 2.62. The summed E-state index contributed by atoms with van der Waals surface area (Å²) in [6, 6.07) is 13.0. The minimum Gasteiger partial charge on any atom is -0.508 e. The molecule has 2 rings (SSSR count). The summed E-state index contributed by atoms with van der Waals surface area (Å²) in [6.07, 6.45) is 1.47. The summed E-state index contributed by atoms with van der Waals surface area (Å²) in [5.41, 5.74) is 1.07. The van der Waals surface area contributed by atoms with Gasteiger partial charge in [0.2, 0.25) is 0 Å². The predicted octanol–water partition coefficient (Wildman–Crippen LogP) is 3.35. The molecule has 6 nitrogen and oxygen atoms in total.